The van der Waals surface area contributed by atoms with Crippen LogP contribution in [0.25, 0.3) is 16.9 Å². The van der Waals surface area contributed by atoms with Gasteiger partial charge in [0, 0.05) is 25.0 Å². The largest absolute Gasteiger partial charge is 0.375 e. The molecule has 4 heterocycles. The highest BCUT2D eigenvalue weighted by Crippen LogP contribution is 2.30. The number of aromatic nitrogens is 5. The molecule has 1 unspecified atom stereocenters. The topological polar surface area (TPSA) is 109 Å². The Labute approximate surface area is 150 Å². The predicted molar refractivity (Wildman–Crippen MR) is 96.1 cm³/mol. The summed E-state index contributed by atoms with van der Waals surface area (Å²) in [6.07, 6.45) is 10.1. The summed E-state index contributed by atoms with van der Waals surface area (Å²) in [5.74, 6) is 1.06. The highest BCUT2D eigenvalue weighted by molar-refractivity contribution is 5.77. The number of anilines is 2. The molecule has 1 aliphatic heterocycles. The zero-order chi connectivity index (χ0) is 18.1. The molecule has 1 fully saturated rings. The van der Waals surface area contributed by atoms with Crippen LogP contribution >= 0.6 is 0 Å². The van der Waals surface area contributed by atoms with Gasteiger partial charge in [-0.3, -0.25) is 15.7 Å². The van der Waals surface area contributed by atoms with Gasteiger partial charge < -0.3 is 10.1 Å². The molecule has 3 aromatic rings. The van der Waals surface area contributed by atoms with E-state index in [1.165, 1.54) is 0 Å². The molecule has 9 nitrogen and oxygen atoms in total. The lowest BCUT2D eigenvalue weighted by molar-refractivity contribution is -0.0553. The Balaban J connectivity index is 1.67. The van der Waals surface area contributed by atoms with Crippen LogP contribution in [-0.2, 0) is 4.74 Å². The molecule has 1 saturated heterocycles. The van der Waals surface area contributed by atoms with Gasteiger partial charge in [0.2, 0.25) is 0 Å². The fourth-order valence-electron chi connectivity index (χ4n) is 3.26. The van der Waals surface area contributed by atoms with Crippen LogP contribution in [0.15, 0.2) is 31.0 Å². The third-order valence-electron chi connectivity index (χ3n) is 4.51. The summed E-state index contributed by atoms with van der Waals surface area (Å²) in [7, 11) is 0. The normalized spacial score (nSPS) is 19.4. The number of fused-ring (bicyclic) bond motifs is 1. The van der Waals surface area contributed by atoms with Crippen molar-refractivity contribution in [1.29, 1.82) is 0 Å². The van der Waals surface area contributed by atoms with Gasteiger partial charge in [-0.05, 0) is 26.7 Å². The fraction of sp³-hybridized carbons (Fsp3) is 0.412. The molecule has 0 aromatic carbocycles. The third-order valence-corrected chi connectivity index (χ3v) is 4.51. The number of nitrogens with one attached hydrogen (secondary N) is 2. The summed E-state index contributed by atoms with van der Waals surface area (Å²) >= 11 is 0. The van der Waals surface area contributed by atoms with Crippen LogP contribution in [0.2, 0.25) is 0 Å². The molecule has 0 aliphatic carbocycles. The first kappa shape index (κ1) is 16.7. The van der Waals surface area contributed by atoms with E-state index in [-0.39, 0.29) is 11.6 Å². The van der Waals surface area contributed by atoms with E-state index >= 15 is 0 Å². The van der Waals surface area contributed by atoms with Crippen LogP contribution in [0.5, 0.6) is 0 Å². The van der Waals surface area contributed by atoms with E-state index < -0.39 is 0 Å². The Kier molecular flexibility index (Phi) is 4.17. The van der Waals surface area contributed by atoms with Gasteiger partial charge in [-0.1, -0.05) is 0 Å². The van der Waals surface area contributed by atoms with Gasteiger partial charge in [0.25, 0.3) is 0 Å². The smallest absolute Gasteiger partial charge is 0.165 e. The van der Waals surface area contributed by atoms with E-state index in [1.54, 1.807) is 35.5 Å². The van der Waals surface area contributed by atoms with Gasteiger partial charge in [-0.15, -0.1) is 0 Å². The second-order valence-corrected chi connectivity index (χ2v) is 6.97. The second-order valence-electron chi connectivity index (χ2n) is 6.97. The minimum absolute atomic E-state index is 0.188. The summed E-state index contributed by atoms with van der Waals surface area (Å²) in [5, 5.41) is 17.1. The summed E-state index contributed by atoms with van der Waals surface area (Å²) in [5.41, 5.74) is 3.99. The number of rotatable bonds is 4. The van der Waals surface area contributed by atoms with Crippen molar-refractivity contribution >= 4 is 17.0 Å². The van der Waals surface area contributed by atoms with Gasteiger partial charge in [-0.2, -0.15) is 5.10 Å². The zero-order valence-electron chi connectivity index (χ0n) is 14.7. The molecule has 1 aliphatic rings. The Bertz CT molecular complexity index is 924. The Morgan fingerprint density at radius 1 is 1.31 bits per heavy atom. The SMILES string of the molecule is CC1(C)CC(Nc2nc(-c3cnn4ccncc34)ncc2NO)CCO1. The molecular formula is C17H21N7O2. The minimum atomic E-state index is -0.188. The lowest BCUT2D eigenvalue weighted by Gasteiger charge is -2.36. The quantitative estimate of drug-likeness (QED) is 0.612. The average molecular weight is 355 g/mol. The highest BCUT2D eigenvalue weighted by atomic mass is 16.5. The van der Waals surface area contributed by atoms with Crippen LogP contribution in [0, 0.1) is 0 Å². The average Bonchev–Trinajstić information content (AvgIpc) is 3.05. The Hall–Kier alpha value is -2.78. The number of nitrogens with zero attached hydrogens (tertiary/aromatic N) is 5. The summed E-state index contributed by atoms with van der Waals surface area (Å²) in [6.45, 7) is 4.83. The van der Waals surface area contributed by atoms with Crippen LogP contribution < -0.4 is 10.8 Å². The highest BCUT2D eigenvalue weighted by Gasteiger charge is 2.29. The maximum absolute atomic E-state index is 9.42. The molecule has 0 radical (unpaired) electrons. The zero-order valence-corrected chi connectivity index (χ0v) is 14.7. The first-order valence-corrected chi connectivity index (χ1v) is 8.51. The van der Waals surface area contributed by atoms with Gasteiger partial charge in [0.1, 0.15) is 5.69 Å². The molecule has 9 heteroatoms. The van der Waals surface area contributed by atoms with E-state index in [9.17, 15) is 5.21 Å². The van der Waals surface area contributed by atoms with Crippen molar-refractivity contribution in [2.75, 3.05) is 17.4 Å². The lowest BCUT2D eigenvalue weighted by atomic mass is 9.94. The fourth-order valence-corrected chi connectivity index (χ4v) is 3.26. The molecule has 0 bridgehead atoms. The maximum Gasteiger partial charge on any atom is 0.165 e. The van der Waals surface area contributed by atoms with Gasteiger partial charge in [0.15, 0.2) is 11.6 Å². The summed E-state index contributed by atoms with van der Waals surface area (Å²) < 4.78 is 7.49. The number of hydrogen-bond donors (Lipinski definition) is 3. The molecule has 3 aromatic heterocycles. The van der Waals surface area contributed by atoms with Gasteiger partial charge >= 0.3 is 0 Å². The molecular weight excluding hydrogens is 334 g/mol. The lowest BCUT2D eigenvalue weighted by Crippen LogP contribution is -2.40. The van der Waals surface area contributed by atoms with Crippen LogP contribution in [0.1, 0.15) is 26.7 Å². The maximum atomic E-state index is 9.42. The molecule has 0 spiro atoms. The van der Waals surface area contributed by atoms with Gasteiger partial charge in [0.05, 0.1) is 35.3 Å². The van der Waals surface area contributed by atoms with Crippen molar-refractivity contribution in [3.63, 3.8) is 0 Å². The second kappa shape index (κ2) is 6.50. The van der Waals surface area contributed by atoms with Crippen molar-refractivity contribution in [2.24, 2.45) is 0 Å². The van der Waals surface area contributed by atoms with E-state index in [4.69, 9.17) is 4.74 Å². The number of hydrogen-bond acceptors (Lipinski definition) is 8. The van der Waals surface area contributed by atoms with E-state index in [2.05, 4.69) is 44.7 Å². The first-order chi connectivity index (χ1) is 12.6. The Morgan fingerprint density at radius 3 is 3.00 bits per heavy atom. The first-order valence-electron chi connectivity index (χ1n) is 8.51. The van der Waals surface area contributed by atoms with Crippen molar-refractivity contribution in [3.05, 3.63) is 31.0 Å². The van der Waals surface area contributed by atoms with Crippen LogP contribution in [-0.4, -0.2) is 48.0 Å². The number of ether oxygens (including phenoxy) is 1. The van der Waals surface area contributed by atoms with Crippen molar-refractivity contribution in [1.82, 2.24) is 24.6 Å². The van der Waals surface area contributed by atoms with Crippen molar-refractivity contribution < 1.29 is 9.94 Å². The van der Waals surface area contributed by atoms with E-state index in [1.807, 2.05) is 0 Å². The van der Waals surface area contributed by atoms with Crippen molar-refractivity contribution in [2.45, 2.75) is 38.3 Å². The monoisotopic (exact) mass is 355 g/mol. The molecule has 0 saturated carbocycles. The van der Waals surface area contributed by atoms with Crippen LogP contribution in [0.4, 0.5) is 11.5 Å². The minimum Gasteiger partial charge on any atom is -0.375 e. The molecule has 0 amide bonds. The third kappa shape index (κ3) is 3.18. The summed E-state index contributed by atoms with van der Waals surface area (Å²) in [6, 6.07) is 0.194. The van der Waals surface area contributed by atoms with E-state index in [0.29, 0.717) is 23.9 Å². The predicted octanol–water partition coefficient (Wildman–Crippen LogP) is 2.36. The Morgan fingerprint density at radius 2 is 2.19 bits per heavy atom. The molecule has 136 valence electrons. The molecule has 1 atom stereocenters. The summed E-state index contributed by atoms with van der Waals surface area (Å²) in [4.78, 5) is 13.1. The molecule has 26 heavy (non-hydrogen) atoms. The molecule has 3 N–H and O–H groups in total. The standard InChI is InChI=1S/C17H21N7O2/c1-17(2)7-11(3-6-26-17)21-16-13(23-25)9-19-15(22-16)12-8-20-24-5-4-18-10-14(12)24/h4-5,8-11,23,25H,3,6-7H2,1-2H3,(H,19,21,22). The van der Waals surface area contributed by atoms with Crippen molar-refractivity contribution in [3.8, 4) is 11.4 Å². The van der Waals surface area contributed by atoms with Gasteiger partial charge in [-0.25, -0.2) is 14.5 Å². The van der Waals surface area contributed by atoms with E-state index in [0.717, 1.165) is 23.9 Å². The molecule has 4 rings (SSSR count). The van der Waals surface area contributed by atoms with Crippen LogP contribution in [0.3, 0.4) is 0 Å².